The van der Waals surface area contributed by atoms with Gasteiger partial charge in [-0.1, -0.05) is 17.8 Å². The smallest absolute Gasteiger partial charge is 0.233 e. The summed E-state index contributed by atoms with van der Waals surface area (Å²) in [6.45, 7) is 1.24. The van der Waals surface area contributed by atoms with Crippen LogP contribution in [0, 0.1) is 0 Å². The van der Waals surface area contributed by atoms with Crippen molar-refractivity contribution in [2.75, 3.05) is 26.5 Å². The Kier molecular flexibility index (Phi) is 4.94. The highest BCUT2D eigenvalue weighted by Crippen LogP contribution is 2.36. The van der Waals surface area contributed by atoms with E-state index in [1.807, 2.05) is 24.1 Å². The molecule has 7 nitrogen and oxygen atoms in total. The van der Waals surface area contributed by atoms with Gasteiger partial charge in [0.1, 0.15) is 6.33 Å². The first-order valence-electron chi connectivity index (χ1n) is 7.61. The maximum Gasteiger partial charge on any atom is 0.233 e. The summed E-state index contributed by atoms with van der Waals surface area (Å²) in [6, 6.07) is 3.96. The van der Waals surface area contributed by atoms with Gasteiger partial charge in [0.05, 0.1) is 20.0 Å². The SMILES string of the molecule is COc1ccc2c(c1OC)CN(C(=O)CSc1nncn1C)CC2. The number of hydrogen-bond donors (Lipinski definition) is 0. The van der Waals surface area contributed by atoms with E-state index in [2.05, 4.69) is 10.2 Å². The number of thioether (sulfide) groups is 1. The molecule has 3 rings (SSSR count). The van der Waals surface area contributed by atoms with Crippen LogP contribution in [0.1, 0.15) is 11.1 Å². The Labute approximate surface area is 145 Å². The minimum Gasteiger partial charge on any atom is -0.493 e. The van der Waals surface area contributed by atoms with Crippen molar-refractivity contribution in [1.82, 2.24) is 19.7 Å². The van der Waals surface area contributed by atoms with Crippen LogP contribution in [0.3, 0.4) is 0 Å². The highest BCUT2D eigenvalue weighted by atomic mass is 32.2. The maximum absolute atomic E-state index is 12.5. The second-order valence-corrected chi connectivity index (χ2v) is 6.46. The topological polar surface area (TPSA) is 69.5 Å². The number of amides is 1. The molecule has 2 heterocycles. The fraction of sp³-hybridized carbons (Fsp3) is 0.438. The summed E-state index contributed by atoms with van der Waals surface area (Å²) in [4.78, 5) is 14.4. The van der Waals surface area contributed by atoms with E-state index in [0.29, 0.717) is 30.3 Å². The number of carbonyl (C=O) groups is 1. The van der Waals surface area contributed by atoms with Gasteiger partial charge in [-0.25, -0.2) is 0 Å². The van der Waals surface area contributed by atoms with Crippen molar-refractivity contribution in [2.24, 2.45) is 7.05 Å². The number of methoxy groups -OCH3 is 2. The summed E-state index contributed by atoms with van der Waals surface area (Å²) in [7, 11) is 5.11. The molecule has 1 aliphatic heterocycles. The zero-order chi connectivity index (χ0) is 17.1. The van der Waals surface area contributed by atoms with E-state index in [4.69, 9.17) is 9.47 Å². The molecule has 0 aliphatic carbocycles. The van der Waals surface area contributed by atoms with Crippen molar-refractivity contribution in [2.45, 2.75) is 18.1 Å². The zero-order valence-electron chi connectivity index (χ0n) is 14.0. The molecule has 0 saturated heterocycles. The molecule has 0 saturated carbocycles. The quantitative estimate of drug-likeness (QED) is 0.763. The van der Waals surface area contributed by atoms with E-state index in [1.165, 1.54) is 17.3 Å². The molecular weight excluding hydrogens is 328 g/mol. The van der Waals surface area contributed by atoms with E-state index in [1.54, 1.807) is 25.1 Å². The maximum atomic E-state index is 12.5. The summed E-state index contributed by atoms with van der Waals surface area (Å²) in [6.07, 6.45) is 2.44. The lowest BCUT2D eigenvalue weighted by Gasteiger charge is -2.30. The van der Waals surface area contributed by atoms with Crippen LogP contribution in [0.25, 0.3) is 0 Å². The molecule has 24 heavy (non-hydrogen) atoms. The molecule has 0 N–H and O–H groups in total. The molecule has 1 aromatic heterocycles. The predicted octanol–water partition coefficient (Wildman–Crippen LogP) is 1.51. The van der Waals surface area contributed by atoms with E-state index in [0.717, 1.165) is 17.1 Å². The Morgan fingerprint density at radius 3 is 2.83 bits per heavy atom. The lowest BCUT2D eigenvalue weighted by molar-refractivity contribution is -0.129. The molecule has 0 spiro atoms. The van der Waals surface area contributed by atoms with Crippen LogP contribution in [0.2, 0.25) is 0 Å². The molecule has 1 aliphatic rings. The van der Waals surface area contributed by atoms with Gasteiger partial charge in [0, 0.05) is 25.7 Å². The van der Waals surface area contributed by atoms with Gasteiger partial charge in [0.15, 0.2) is 16.7 Å². The summed E-state index contributed by atoms with van der Waals surface area (Å²) < 4.78 is 12.7. The number of benzene rings is 1. The standard InChI is InChI=1S/C16H20N4O3S/c1-19-10-17-18-16(19)24-9-14(21)20-7-6-11-4-5-13(22-2)15(23-3)12(11)8-20/h4-5,10H,6-9H2,1-3H3. The lowest BCUT2D eigenvalue weighted by Crippen LogP contribution is -2.37. The second kappa shape index (κ2) is 7.12. The third-order valence-electron chi connectivity index (χ3n) is 4.09. The van der Waals surface area contributed by atoms with E-state index in [9.17, 15) is 4.79 Å². The molecule has 0 fully saturated rings. The van der Waals surface area contributed by atoms with Crippen molar-refractivity contribution in [3.63, 3.8) is 0 Å². The van der Waals surface area contributed by atoms with Crippen LogP contribution < -0.4 is 9.47 Å². The Bertz CT molecular complexity index is 747. The van der Waals surface area contributed by atoms with Crippen LogP contribution in [0.4, 0.5) is 0 Å². The van der Waals surface area contributed by atoms with Gasteiger partial charge in [0.2, 0.25) is 5.91 Å². The third kappa shape index (κ3) is 3.19. The van der Waals surface area contributed by atoms with E-state index < -0.39 is 0 Å². The molecule has 1 amide bonds. The number of aryl methyl sites for hydroxylation is 1. The molecule has 0 bridgehead atoms. The van der Waals surface area contributed by atoms with Crippen molar-refractivity contribution in [1.29, 1.82) is 0 Å². The molecular formula is C16H20N4O3S. The zero-order valence-corrected chi connectivity index (χ0v) is 14.8. The second-order valence-electron chi connectivity index (χ2n) is 5.52. The van der Waals surface area contributed by atoms with E-state index in [-0.39, 0.29) is 5.91 Å². The van der Waals surface area contributed by atoms with Gasteiger partial charge in [-0.2, -0.15) is 0 Å². The van der Waals surface area contributed by atoms with Crippen LogP contribution in [0.15, 0.2) is 23.6 Å². The number of carbonyl (C=O) groups excluding carboxylic acids is 1. The molecule has 0 unspecified atom stereocenters. The lowest BCUT2D eigenvalue weighted by atomic mass is 9.98. The fourth-order valence-corrected chi connectivity index (χ4v) is 3.59. The van der Waals surface area contributed by atoms with Crippen LogP contribution >= 0.6 is 11.8 Å². The first kappa shape index (κ1) is 16.6. The van der Waals surface area contributed by atoms with Crippen LogP contribution in [-0.4, -0.2) is 52.1 Å². The van der Waals surface area contributed by atoms with Crippen LogP contribution in [0.5, 0.6) is 11.5 Å². The summed E-state index contributed by atoms with van der Waals surface area (Å²) >= 11 is 1.40. The van der Waals surface area contributed by atoms with E-state index >= 15 is 0 Å². The number of ether oxygens (including phenoxy) is 2. The van der Waals surface area contributed by atoms with Crippen LogP contribution in [-0.2, 0) is 24.8 Å². The largest absolute Gasteiger partial charge is 0.493 e. The van der Waals surface area contributed by atoms with Gasteiger partial charge in [-0.3, -0.25) is 4.79 Å². The third-order valence-corrected chi connectivity index (χ3v) is 5.11. The summed E-state index contributed by atoms with van der Waals surface area (Å²) in [5, 5.41) is 8.54. The summed E-state index contributed by atoms with van der Waals surface area (Å²) in [5.74, 6) is 1.83. The number of aromatic nitrogens is 3. The van der Waals surface area contributed by atoms with Gasteiger partial charge in [0.25, 0.3) is 0 Å². The van der Waals surface area contributed by atoms with Crippen molar-refractivity contribution in [3.05, 3.63) is 29.6 Å². The fourth-order valence-electron chi connectivity index (χ4n) is 2.80. The minimum absolute atomic E-state index is 0.0820. The first-order valence-corrected chi connectivity index (χ1v) is 8.60. The average molecular weight is 348 g/mol. The summed E-state index contributed by atoms with van der Waals surface area (Å²) in [5.41, 5.74) is 2.23. The normalized spacial score (nSPS) is 13.5. The van der Waals surface area contributed by atoms with Gasteiger partial charge in [-0.05, 0) is 18.1 Å². The molecule has 0 atom stereocenters. The van der Waals surface area contributed by atoms with Gasteiger partial charge in [-0.15, -0.1) is 10.2 Å². The Balaban J connectivity index is 1.72. The number of nitrogens with zero attached hydrogens (tertiary/aromatic N) is 4. The molecule has 2 aromatic rings. The molecule has 0 radical (unpaired) electrons. The number of rotatable bonds is 5. The first-order chi connectivity index (χ1) is 11.6. The highest BCUT2D eigenvalue weighted by Gasteiger charge is 2.25. The number of hydrogen-bond acceptors (Lipinski definition) is 6. The van der Waals surface area contributed by atoms with Gasteiger partial charge < -0.3 is 18.9 Å². The minimum atomic E-state index is 0.0820. The van der Waals surface area contributed by atoms with Crippen molar-refractivity contribution in [3.8, 4) is 11.5 Å². The average Bonchev–Trinajstić information content (AvgIpc) is 3.02. The number of fused-ring (bicyclic) bond motifs is 1. The monoisotopic (exact) mass is 348 g/mol. The highest BCUT2D eigenvalue weighted by molar-refractivity contribution is 7.99. The Morgan fingerprint density at radius 1 is 1.33 bits per heavy atom. The molecule has 128 valence electrons. The molecule has 1 aromatic carbocycles. The van der Waals surface area contributed by atoms with Gasteiger partial charge >= 0.3 is 0 Å². The predicted molar refractivity (Wildman–Crippen MR) is 90.4 cm³/mol. The van der Waals surface area contributed by atoms with Crippen molar-refractivity contribution >= 4 is 17.7 Å². The Hall–Kier alpha value is -2.22. The molecule has 8 heteroatoms. The van der Waals surface area contributed by atoms with Crippen molar-refractivity contribution < 1.29 is 14.3 Å². The Morgan fingerprint density at radius 2 is 2.17 bits per heavy atom.